The fourth-order valence-corrected chi connectivity index (χ4v) is 4.14. The van der Waals surface area contributed by atoms with Crippen LogP contribution in [0.5, 0.6) is 0 Å². The molecule has 0 amide bonds. The van der Waals surface area contributed by atoms with Crippen molar-refractivity contribution in [3.8, 4) is 11.1 Å². The topological polar surface area (TPSA) is 41.5 Å². The molecular weight excluding hydrogens is 334 g/mol. The standard InChI is InChI=1S/C24H25NO2/c26-17-23(20-11-5-2-6-12-20)24(18-25-15-16-27-24)22-14-8-7-13-21(22)19-9-3-1-4-10-19/h1-14,23,25-26H,15-18H2. The van der Waals surface area contributed by atoms with E-state index in [1.165, 1.54) is 0 Å². The van der Waals surface area contributed by atoms with E-state index in [0.717, 1.165) is 28.8 Å². The van der Waals surface area contributed by atoms with Crippen LogP contribution >= 0.6 is 0 Å². The number of ether oxygens (including phenoxy) is 1. The van der Waals surface area contributed by atoms with E-state index >= 15 is 0 Å². The van der Waals surface area contributed by atoms with Crippen LogP contribution in [0.4, 0.5) is 0 Å². The average molecular weight is 359 g/mol. The fraction of sp³-hybridized carbons (Fsp3) is 0.250. The van der Waals surface area contributed by atoms with Crippen molar-refractivity contribution in [1.29, 1.82) is 0 Å². The minimum atomic E-state index is -0.624. The van der Waals surface area contributed by atoms with Crippen LogP contribution in [0.1, 0.15) is 17.0 Å². The average Bonchev–Trinajstić information content (AvgIpc) is 2.76. The van der Waals surface area contributed by atoms with Crippen LogP contribution in [-0.2, 0) is 10.3 Å². The zero-order valence-corrected chi connectivity index (χ0v) is 15.3. The largest absolute Gasteiger partial charge is 0.396 e. The molecule has 4 rings (SSSR count). The van der Waals surface area contributed by atoms with Gasteiger partial charge in [0, 0.05) is 19.0 Å². The summed E-state index contributed by atoms with van der Waals surface area (Å²) < 4.78 is 6.50. The second-order valence-corrected chi connectivity index (χ2v) is 6.97. The van der Waals surface area contributed by atoms with Crippen LogP contribution in [0, 0.1) is 0 Å². The lowest BCUT2D eigenvalue weighted by atomic mass is 9.74. The lowest BCUT2D eigenvalue weighted by Gasteiger charge is -2.44. The first-order valence-electron chi connectivity index (χ1n) is 9.50. The molecule has 27 heavy (non-hydrogen) atoms. The highest BCUT2D eigenvalue weighted by molar-refractivity contribution is 5.69. The molecule has 0 radical (unpaired) electrons. The molecule has 1 heterocycles. The molecule has 2 atom stereocenters. The smallest absolute Gasteiger partial charge is 0.115 e. The summed E-state index contributed by atoms with van der Waals surface area (Å²) in [5, 5.41) is 13.9. The molecule has 2 unspecified atom stereocenters. The Balaban J connectivity index is 1.89. The van der Waals surface area contributed by atoms with E-state index in [-0.39, 0.29) is 12.5 Å². The van der Waals surface area contributed by atoms with Gasteiger partial charge in [-0.25, -0.2) is 0 Å². The molecule has 3 nitrogen and oxygen atoms in total. The van der Waals surface area contributed by atoms with Crippen LogP contribution < -0.4 is 5.32 Å². The third kappa shape index (κ3) is 3.42. The number of benzene rings is 3. The van der Waals surface area contributed by atoms with Gasteiger partial charge in [-0.2, -0.15) is 0 Å². The second-order valence-electron chi connectivity index (χ2n) is 6.97. The molecule has 0 aliphatic carbocycles. The van der Waals surface area contributed by atoms with Crippen molar-refractivity contribution >= 4 is 0 Å². The number of morpholine rings is 1. The molecule has 0 bridgehead atoms. The Morgan fingerprint density at radius 3 is 2.22 bits per heavy atom. The van der Waals surface area contributed by atoms with Gasteiger partial charge >= 0.3 is 0 Å². The molecule has 0 saturated carbocycles. The van der Waals surface area contributed by atoms with Crippen LogP contribution in [0.25, 0.3) is 11.1 Å². The molecule has 3 aromatic rings. The molecule has 0 spiro atoms. The quantitative estimate of drug-likeness (QED) is 0.725. The number of hydrogen-bond donors (Lipinski definition) is 2. The van der Waals surface area contributed by atoms with Gasteiger partial charge in [-0.05, 0) is 22.3 Å². The molecule has 0 aromatic heterocycles. The summed E-state index contributed by atoms with van der Waals surface area (Å²) in [6, 6.07) is 29.0. The minimum absolute atomic E-state index is 0.0226. The summed E-state index contributed by atoms with van der Waals surface area (Å²) in [6.45, 7) is 2.13. The monoisotopic (exact) mass is 359 g/mol. The molecule has 1 saturated heterocycles. The number of rotatable bonds is 5. The number of hydrogen-bond acceptors (Lipinski definition) is 3. The maximum atomic E-state index is 10.4. The first-order chi connectivity index (χ1) is 13.3. The molecule has 2 N–H and O–H groups in total. The molecule has 3 heteroatoms. The van der Waals surface area contributed by atoms with Crippen molar-refractivity contribution in [1.82, 2.24) is 5.32 Å². The lowest BCUT2D eigenvalue weighted by Crippen LogP contribution is -2.52. The van der Waals surface area contributed by atoms with Crippen molar-refractivity contribution in [2.45, 2.75) is 11.5 Å². The van der Waals surface area contributed by atoms with Crippen LogP contribution in [-0.4, -0.2) is 31.4 Å². The summed E-state index contributed by atoms with van der Waals surface area (Å²) in [7, 11) is 0. The van der Waals surface area contributed by atoms with Crippen molar-refractivity contribution in [3.63, 3.8) is 0 Å². The van der Waals surface area contributed by atoms with Crippen molar-refractivity contribution in [2.24, 2.45) is 0 Å². The second kappa shape index (κ2) is 8.05. The molecule has 3 aromatic carbocycles. The maximum absolute atomic E-state index is 10.4. The zero-order chi connectivity index (χ0) is 18.5. The Morgan fingerprint density at radius 2 is 1.56 bits per heavy atom. The van der Waals surface area contributed by atoms with Gasteiger partial charge in [0.15, 0.2) is 0 Å². The van der Waals surface area contributed by atoms with E-state index in [1.54, 1.807) is 0 Å². The van der Waals surface area contributed by atoms with Gasteiger partial charge in [-0.3, -0.25) is 0 Å². The normalized spacial score (nSPS) is 20.9. The third-order valence-corrected chi connectivity index (χ3v) is 5.44. The van der Waals surface area contributed by atoms with Gasteiger partial charge in [-0.1, -0.05) is 84.9 Å². The van der Waals surface area contributed by atoms with Crippen LogP contribution in [0.2, 0.25) is 0 Å². The summed E-state index contributed by atoms with van der Waals surface area (Å²) in [4.78, 5) is 0. The van der Waals surface area contributed by atoms with E-state index in [0.29, 0.717) is 13.2 Å². The van der Waals surface area contributed by atoms with Gasteiger partial charge in [0.2, 0.25) is 0 Å². The van der Waals surface area contributed by atoms with Crippen molar-refractivity contribution in [2.75, 3.05) is 26.3 Å². The van der Waals surface area contributed by atoms with E-state index in [2.05, 4.69) is 66.0 Å². The molecule has 1 aliphatic rings. The molecule has 138 valence electrons. The molecule has 1 aliphatic heterocycles. The van der Waals surface area contributed by atoms with E-state index in [4.69, 9.17) is 4.74 Å². The van der Waals surface area contributed by atoms with Gasteiger partial charge in [0.25, 0.3) is 0 Å². The van der Waals surface area contributed by atoms with Crippen molar-refractivity contribution in [3.05, 3.63) is 96.1 Å². The minimum Gasteiger partial charge on any atom is -0.396 e. The first-order valence-corrected chi connectivity index (χ1v) is 9.50. The lowest BCUT2D eigenvalue weighted by molar-refractivity contribution is -0.0987. The highest BCUT2D eigenvalue weighted by Crippen LogP contribution is 2.44. The predicted octanol–water partition coefficient (Wildman–Crippen LogP) is 3.94. The third-order valence-electron chi connectivity index (χ3n) is 5.44. The van der Waals surface area contributed by atoms with Gasteiger partial charge in [0.1, 0.15) is 5.60 Å². The Morgan fingerprint density at radius 1 is 0.889 bits per heavy atom. The summed E-state index contributed by atoms with van der Waals surface area (Å²) in [5.74, 6) is -0.156. The number of aliphatic hydroxyl groups excluding tert-OH is 1. The first kappa shape index (κ1) is 17.9. The summed E-state index contributed by atoms with van der Waals surface area (Å²) in [5.41, 5.74) is 3.89. The Hall–Kier alpha value is -2.46. The van der Waals surface area contributed by atoms with E-state index < -0.39 is 5.60 Å². The van der Waals surface area contributed by atoms with Crippen LogP contribution in [0.15, 0.2) is 84.9 Å². The summed E-state index contributed by atoms with van der Waals surface area (Å²) >= 11 is 0. The predicted molar refractivity (Wildman–Crippen MR) is 109 cm³/mol. The van der Waals surface area contributed by atoms with E-state index in [9.17, 15) is 5.11 Å². The number of aliphatic hydroxyl groups is 1. The van der Waals surface area contributed by atoms with Gasteiger partial charge < -0.3 is 15.2 Å². The Bertz CT molecular complexity index is 858. The van der Waals surface area contributed by atoms with E-state index in [1.807, 2.05) is 24.3 Å². The Labute approximate surface area is 160 Å². The van der Waals surface area contributed by atoms with Crippen LogP contribution in [0.3, 0.4) is 0 Å². The maximum Gasteiger partial charge on any atom is 0.115 e. The van der Waals surface area contributed by atoms with Gasteiger partial charge in [0.05, 0.1) is 13.2 Å². The van der Waals surface area contributed by atoms with Crippen molar-refractivity contribution < 1.29 is 9.84 Å². The fourth-order valence-electron chi connectivity index (χ4n) is 4.14. The zero-order valence-electron chi connectivity index (χ0n) is 15.3. The SMILES string of the molecule is OCC(c1ccccc1)C1(c2ccccc2-c2ccccc2)CNCCO1. The molecule has 1 fully saturated rings. The number of nitrogens with one attached hydrogen (secondary N) is 1. The Kier molecular flexibility index (Phi) is 5.35. The summed E-state index contributed by atoms with van der Waals surface area (Å²) in [6.07, 6.45) is 0. The highest BCUT2D eigenvalue weighted by Gasteiger charge is 2.44. The molecular formula is C24H25NO2. The highest BCUT2D eigenvalue weighted by atomic mass is 16.5. The van der Waals surface area contributed by atoms with Gasteiger partial charge in [-0.15, -0.1) is 0 Å².